The van der Waals surface area contributed by atoms with Gasteiger partial charge in [0, 0.05) is 36.6 Å². The third-order valence-corrected chi connectivity index (χ3v) is 5.47. The van der Waals surface area contributed by atoms with Gasteiger partial charge in [-0.2, -0.15) is 0 Å². The minimum absolute atomic E-state index is 0.0222. The summed E-state index contributed by atoms with van der Waals surface area (Å²) in [5.74, 6) is 2.12. The molecular formula is C23H25N3O3. The van der Waals surface area contributed by atoms with Crippen LogP contribution in [-0.4, -0.2) is 47.7 Å². The molecule has 1 aliphatic heterocycles. The lowest BCUT2D eigenvalue weighted by Crippen LogP contribution is -2.29. The lowest BCUT2D eigenvalue weighted by Gasteiger charge is -2.21. The molecule has 2 heterocycles. The highest BCUT2D eigenvalue weighted by Gasteiger charge is 2.31. The quantitative estimate of drug-likeness (QED) is 0.661. The zero-order valence-electron chi connectivity index (χ0n) is 17.0. The van der Waals surface area contributed by atoms with Gasteiger partial charge in [-0.1, -0.05) is 30.3 Å². The molecule has 6 heteroatoms. The summed E-state index contributed by atoms with van der Waals surface area (Å²) in [6, 6.07) is 15.7. The predicted octanol–water partition coefficient (Wildman–Crippen LogP) is 3.96. The van der Waals surface area contributed by atoms with E-state index in [2.05, 4.69) is 28.6 Å². The number of hydrogen-bond acceptors (Lipinski definition) is 4. The molecule has 0 saturated carbocycles. The first kappa shape index (κ1) is 19.1. The highest BCUT2D eigenvalue weighted by Crippen LogP contribution is 2.32. The van der Waals surface area contributed by atoms with Crippen molar-refractivity contribution < 1.29 is 14.3 Å². The third-order valence-electron chi connectivity index (χ3n) is 5.47. The van der Waals surface area contributed by atoms with Crippen LogP contribution in [0, 0.1) is 6.92 Å². The number of benzene rings is 2. The average molecular weight is 391 g/mol. The van der Waals surface area contributed by atoms with Gasteiger partial charge in [0.1, 0.15) is 17.3 Å². The first-order valence-corrected chi connectivity index (χ1v) is 9.73. The Bertz CT molecular complexity index is 1010. The molecule has 3 aromatic rings. The number of imidazole rings is 1. The monoisotopic (exact) mass is 391 g/mol. The second-order valence-corrected chi connectivity index (χ2v) is 7.22. The average Bonchev–Trinajstić information content (AvgIpc) is 3.40. The maximum Gasteiger partial charge on any atom is 0.257 e. The number of methoxy groups -OCH3 is 2. The molecule has 0 bridgehead atoms. The minimum Gasteiger partial charge on any atom is -0.497 e. The Morgan fingerprint density at radius 3 is 2.62 bits per heavy atom. The van der Waals surface area contributed by atoms with Gasteiger partial charge in [-0.25, -0.2) is 4.98 Å². The molecule has 1 saturated heterocycles. The van der Waals surface area contributed by atoms with Crippen molar-refractivity contribution in [2.45, 2.75) is 19.4 Å². The number of carbonyl (C=O) groups is 1. The van der Waals surface area contributed by atoms with Crippen molar-refractivity contribution in [3.63, 3.8) is 0 Å². The van der Waals surface area contributed by atoms with Gasteiger partial charge in [0.2, 0.25) is 0 Å². The number of carbonyl (C=O) groups excluding carboxylic acids is 1. The maximum atomic E-state index is 13.2. The van der Waals surface area contributed by atoms with E-state index in [4.69, 9.17) is 9.47 Å². The van der Waals surface area contributed by atoms with Gasteiger partial charge >= 0.3 is 0 Å². The molecule has 0 N–H and O–H groups in total. The van der Waals surface area contributed by atoms with E-state index in [0.717, 1.165) is 23.5 Å². The molecule has 2 aromatic carbocycles. The lowest BCUT2D eigenvalue weighted by atomic mass is 10.1. The highest BCUT2D eigenvalue weighted by molar-refractivity contribution is 5.97. The number of ether oxygens (including phenoxy) is 2. The van der Waals surface area contributed by atoms with E-state index in [0.29, 0.717) is 30.2 Å². The molecule has 29 heavy (non-hydrogen) atoms. The lowest BCUT2D eigenvalue weighted by molar-refractivity contribution is 0.0784. The van der Waals surface area contributed by atoms with Crippen LogP contribution in [0.4, 0.5) is 0 Å². The normalized spacial score (nSPS) is 16.1. The number of aryl methyl sites for hydroxylation is 1. The van der Waals surface area contributed by atoms with Crippen molar-refractivity contribution >= 4 is 5.91 Å². The van der Waals surface area contributed by atoms with E-state index < -0.39 is 0 Å². The molecule has 0 aliphatic carbocycles. The van der Waals surface area contributed by atoms with Gasteiger partial charge in [0.05, 0.1) is 25.8 Å². The van der Waals surface area contributed by atoms with Crippen molar-refractivity contribution in [3.8, 4) is 22.9 Å². The van der Waals surface area contributed by atoms with Crippen LogP contribution in [0.3, 0.4) is 0 Å². The molecule has 150 valence electrons. The zero-order valence-corrected chi connectivity index (χ0v) is 17.0. The van der Waals surface area contributed by atoms with Crippen LogP contribution in [0.25, 0.3) is 11.4 Å². The van der Waals surface area contributed by atoms with Gasteiger partial charge < -0.3 is 18.9 Å². The van der Waals surface area contributed by atoms with Crippen LogP contribution in [-0.2, 0) is 0 Å². The summed E-state index contributed by atoms with van der Waals surface area (Å²) in [6.07, 6.45) is 2.79. The van der Waals surface area contributed by atoms with Crippen molar-refractivity contribution in [1.82, 2.24) is 14.5 Å². The number of likely N-dealkylation sites (tertiary alicyclic amines) is 1. The Morgan fingerprint density at radius 2 is 1.90 bits per heavy atom. The van der Waals surface area contributed by atoms with Crippen LogP contribution in [0.5, 0.6) is 11.5 Å². The fourth-order valence-corrected chi connectivity index (χ4v) is 3.99. The standard InChI is InChI=1S/C23H25N3O3/c1-16-14-24-22(17-7-5-4-6-8-17)26(16)18-11-12-25(15-18)23(27)20-10-9-19(28-2)13-21(20)29-3/h4-10,13-14,18H,11-12,15H2,1-3H3. The van der Waals surface area contributed by atoms with Crippen LogP contribution in [0.2, 0.25) is 0 Å². The number of nitrogens with zero attached hydrogens (tertiary/aromatic N) is 3. The Kier molecular flexibility index (Phi) is 5.25. The summed E-state index contributed by atoms with van der Waals surface area (Å²) in [6.45, 7) is 3.41. The summed E-state index contributed by atoms with van der Waals surface area (Å²) in [5, 5.41) is 0. The number of hydrogen-bond donors (Lipinski definition) is 0. The van der Waals surface area contributed by atoms with Crippen molar-refractivity contribution in [1.29, 1.82) is 0 Å². The Morgan fingerprint density at radius 1 is 1.10 bits per heavy atom. The van der Waals surface area contributed by atoms with Gasteiger partial charge in [-0.15, -0.1) is 0 Å². The molecular weight excluding hydrogens is 366 g/mol. The molecule has 0 spiro atoms. The Hall–Kier alpha value is -3.28. The van der Waals surface area contributed by atoms with Crippen molar-refractivity contribution in [2.24, 2.45) is 0 Å². The maximum absolute atomic E-state index is 13.2. The smallest absolute Gasteiger partial charge is 0.257 e. The molecule has 1 amide bonds. The number of amides is 1. The van der Waals surface area contributed by atoms with Gasteiger partial charge in [0.25, 0.3) is 5.91 Å². The first-order chi connectivity index (χ1) is 14.1. The highest BCUT2D eigenvalue weighted by atomic mass is 16.5. The van der Waals surface area contributed by atoms with E-state index in [1.165, 1.54) is 0 Å². The second kappa shape index (κ2) is 7.99. The van der Waals surface area contributed by atoms with Crippen LogP contribution in [0.15, 0.2) is 54.7 Å². The van der Waals surface area contributed by atoms with E-state index >= 15 is 0 Å². The van der Waals surface area contributed by atoms with E-state index in [9.17, 15) is 4.79 Å². The minimum atomic E-state index is -0.0222. The molecule has 1 aromatic heterocycles. The van der Waals surface area contributed by atoms with Crippen LogP contribution >= 0.6 is 0 Å². The Labute approximate surface area is 170 Å². The molecule has 1 aliphatic rings. The third kappa shape index (κ3) is 3.58. The second-order valence-electron chi connectivity index (χ2n) is 7.22. The van der Waals surface area contributed by atoms with Gasteiger partial charge in [0.15, 0.2) is 0 Å². The molecule has 0 radical (unpaired) electrons. The number of aromatic nitrogens is 2. The Balaban J connectivity index is 1.58. The topological polar surface area (TPSA) is 56.6 Å². The largest absolute Gasteiger partial charge is 0.497 e. The summed E-state index contributed by atoms with van der Waals surface area (Å²) < 4.78 is 12.9. The summed E-state index contributed by atoms with van der Waals surface area (Å²) in [7, 11) is 3.17. The first-order valence-electron chi connectivity index (χ1n) is 9.73. The van der Waals surface area contributed by atoms with Crippen molar-refractivity contribution in [3.05, 3.63) is 66.0 Å². The fourth-order valence-electron chi connectivity index (χ4n) is 3.99. The predicted molar refractivity (Wildman–Crippen MR) is 112 cm³/mol. The molecule has 4 rings (SSSR count). The summed E-state index contributed by atoms with van der Waals surface area (Å²) >= 11 is 0. The fraction of sp³-hybridized carbons (Fsp3) is 0.304. The molecule has 1 atom stereocenters. The van der Waals surface area contributed by atoms with Crippen molar-refractivity contribution in [2.75, 3.05) is 27.3 Å². The van der Waals surface area contributed by atoms with Gasteiger partial charge in [-0.05, 0) is 25.5 Å². The van der Waals surface area contributed by atoms with E-state index in [1.807, 2.05) is 29.3 Å². The molecule has 1 fully saturated rings. The van der Waals surface area contributed by atoms with E-state index in [1.54, 1.807) is 32.4 Å². The van der Waals surface area contributed by atoms with E-state index in [-0.39, 0.29) is 11.9 Å². The number of rotatable bonds is 5. The van der Waals surface area contributed by atoms with Crippen LogP contribution in [0.1, 0.15) is 28.5 Å². The summed E-state index contributed by atoms with van der Waals surface area (Å²) in [4.78, 5) is 19.7. The van der Waals surface area contributed by atoms with Gasteiger partial charge in [-0.3, -0.25) is 4.79 Å². The summed E-state index contributed by atoms with van der Waals surface area (Å²) in [5.41, 5.74) is 2.74. The zero-order chi connectivity index (χ0) is 20.4. The SMILES string of the molecule is COc1ccc(C(=O)N2CCC(n3c(C)cnc3-c3ccccc3)C2)c(OC)c1. The molecule has 6 nitrogen and oxygen atoms in total. The molecule has 1 unspecified atom stereocenters. The van der Waals surface area contributed by atoms with Crippen LogP contribution < -0.4 is 9.47 Å².